The quantitative estimate of drug-likeness (QED) is 0.744. The molecule has 2 rings (SSSR count). The van der Waals surface area contributed by atoms with Crippen LogP contribution in [-0.2, 0) is 11.3 Å². The molecule has 0 atom stereocenters. The topological polar surface area (TPSA) is 41.6 Å². The number of ether oxygens (including phenoxy) is 1. The maximum absolute atomic E-state index is 11.9. The maximum Gasteiger partial charge on any atom is 0.221 e. The number of nitrogens with one attached hydrogen (secondary N) is 1. The molecule has 0 heterocycles. The van der Waals surface area contributed by atoms with Crippen LogP contribution in [0.1, 0.15) is 12.0 Å². The molecule has 5 heteroatoms. The van der Waals surface area contributed by atoms with Crippen molar-refractivity contribution < 1.29 is 9.53 Å². The van der Waals surface area contributed by atoms with E-state index in [4.69, 9.17) is 4.74 Å². The van der Waals surface area contributed by atoms with Crippen LogP contribution in [0.25, 0.3) is 0 Å². The molecule has 2 aromatic rings. The van der Waals surface area contributed by atoms with Crippen LogP contribution < -0.4 is 15.0 Å². The van der Waals surface area contributed by atoms with Gasteiger partial charge in [0.05, 0.1) is 7.11 Å². The van der Waals surface area contributed by atoms with Crippen LogP contribution in [0.15, 0.2) is 53.4 Å². The zero-order valence-corrected chi connectivity index (χ0v) is 15.2. The van der Waals surface area contributed by atoms with Crippen LogP contribution in [0, 0.1) is 0 Å². The summed E-state index contributed by atoms with van der Waals surface area (Å²) >= 11 is 1.67. The number of nitrogens with zero attached hydrogens (tertiary/aromatic N) is 1. The first-order chi connectivity index (χ1) is 11.6. The first kappa shape index (κ1) is 18.2. The standard InChI is InChI=1S/C19H24N2O2S/c1-21(2)16-6-4-15(5-7-16)14-20-19(22)12-13-24-18-10-8-17(23-3)9-11-18/h4-11H,12-14H2,1-3H3,(H,20,22). The smallest absolute Gasteiger partial charge is 0.221 e. The number of amides is 1. The Hall–Kier alpha value is -2.14. The summed E-state index contributed by atoms with van der Waals surface area (Å²) in [6.45, 7) is 0.569. The Balaban J connectivity index is 1.69. The van der Waals surface area contributed by atoms with E-state index in [9.17, 15) is 4.79 Å². The molecule has 0 saturated carbocycles. The molecule has 0 unspecified atom stereocenters. The summed E-state index contributed by atoms with van der Waals surface area (Å²) < 4.78 is 5.13. The predicted molar refractivity (Wildman–Crippen MR) is 101 cm³/mol. The Morgan fingerprint density at radius 3 is 2.33 bits per heavy atom. The van der Waals surface area contributed by atoms with Gasteiger partial charge in [-0.2, -0.15) is 0 Å². The van der Waals surface area contributed by atoms with E-state index in [-0.39, 0.29) is 5.91 Å². The number of benzene rings is 2. The molecular weight excluding hydrogens is 320 g/mol. The SMILES string of the molecule is COc1ccc(SCCC(=O)NCc2ccc(N(C)C)cc2)cc1. The van der Waals surface area contributed by atoms with Gasteiger partial charge in [0.2, 0.25) is 5.91 Å². The number of rotatable bonds is 8. The second-order valence-electron chi connectivity index (χ2n) is 5.61. The van der Waals surface area contributed by atoms with Gasteiger partial charge in [-0.05, 0) is 42.0 Å². The lowest BCUT2D eigenvalue weighted by molar-refractivity contribution is -0.120. The highest BCUT2D eigenvalue weighted by molar-refractivity contribution is 7.99. The molecule has 24 heavy (non-hydrogen) atoms. The molecule has 0 fully saturated rings. The zero-order chi connectivity index (χ0) is 17.4. The normalized spacial score (nSPS) is 10.3. The number of carbonyl (C=O) groups excluding carboxylic acids is 1. The average molecular weight is 344 g/mol. The number of methoxy groups -OCH3 is 1. The minimum Gasteiger partial charge on any atom is -0.497 e. The van der Waals surface area contributed by atoms with Crippen LogP contribution in [0.4, 0.5) is 5.69 Å². The summed E-state index contributed by atoms with van der Waals surface area (Å²) in [7, 11) is 5.68. The second kappa shape index (κ2) is 9.23. The molecule has 0 aliphatic heterocycles. The van der Waals surface area contributed by atoms with Gasteiger partial charge in [-0.15, -0.1) is 11.8 Å². The van der Waals surface area contributed by atoms with Crippen molar-refractivity contribution in [1.29, 1.82) is 0 Å². The van der Waals surface area contributed by atoms with Gasteiger partial charge < -0.3 is 15.0 Å². The van der Waals surface area contributed by atoms with Gasteiger partial charge in [-0.3, -0.25) is 4.79 Å². The third-order valence-electron chi connectivity index (χ3n) is 3.60. The monoisotopic (exact) mass is 344 g/mol. The first-order valence-electron chi connectivity index (χ1n) is 7.88. The lowest BCUT2D eigenvalue weighted by atomic mass is 10.2. The van der Waals surface area contributed by atoms with Crippen molar-refractivity contribution in [1.82, 2.24) is 5.32 Å². The molecule has 0 saturated heterocycles. The van der Waals surface area contributed by atoms with E-state index >= 15 is 0 Å². The maximum atomic E-state index is 11.9. The van der Waals surface area contributed by atoms with Crippen LogP contribution >= 0.6 is 11.8 Å². The van der Waals surface area contributed by atoms with Gasteiger partial charge in [-0.1, -0.05) is 12.1 Å². The van der Waals surface area contributed by atoms with Gasteiger partial charge in [0.15, 0.2) is 0 Å². The molecule has 0 bridgehead atoms. The van der Waals surface area contributed by atoms with Crippen molar-refractivity contribution in [2.24, 2.45) is 0 Å². The van der Waals surface area contributed by atoms with Crippen molar-refractivity contribution >= 4 is 23.4 Å². The summed E-state index contributed by atoms with van der Waals surface area (Å²) in [5.41, 5.74) is 2.26. The molecule has 0 aliphatic carbocycles. The average Bonchev–Trinajstić information content (AvgIpc) is 2.61. The molecule has 0 radical (unpaired) electrons. The summed E-state index contributed by atoms with van der Waals surface area (Å²) in [5, 5.41) is 2.97. The van der Waals surface area contributed by atoms with E-state index in [1.165, 1.54) is 0 Å². The van der Waals surface area contributed by atoms with Crippen molar-refractivity contribution in [3.8, 4) is 5.75 Å². The van der Waals surface area contributed by atoms with Gasteiger partial charge >= 0.3 is 0 Å². The summed E-state index contributed by atoms with van der Waals surface area (Å²) in [4.78, 5) is 15.1. The van der Waals surface area contributed by atoms with E-state index in [1.54, 1.807) is 18.9 Å². The summed E-state index contributed by atoms with van der Waals surface area (Å²) in [5.74, 6) is 1.68. The van der Waals surface area contributed by atoms with E-state index in [0.717, 1.165) is 27.6 Å². The number of anilines is 1. The number of carbonyl (C=O) groups is 1. The Morgan fingerprint density at radius 1 is 1.08 bits per heavy atom. The van der Waals surface area contributed by atoms with Crippen molar-refractivity contribution in [2.75, 3.05) is 31.9 Å². The molecule has 1 N–H and O–H groups in total. The molecular formula is C19H24N2O2S. The third kappa shape index (κ3) is 5.81. The van der Waals surface area contributed by atoms with Gasteiger partial charge in [0.25, 0.3) is 0 Å². The van der Waals surface area contributed by atoms with Crippen LogP contribution in [-0.4, -0.2) is 32.9 Å². The molecule has 0 aromatic heterocycles. The number of thioether (sulfide) groups is 1. The molecule has 4 nitrogen and oxygen atoms in total. The summed E-state index contributed by atoms with van der Waals surface area (Å²) in [6, 6.07) is 16.1. The minimum atomic E-state index is 0.0766. The fraction of sp³-hybridized carbons (Fsp3) is 0.316. The van der Waals surface area contributed by atoms with Crippen molar-refractivity contribution in [2.45, 2.75) is 17.9 Å². The van der Waals surface area contributed by atoms with Gasteiger partial charge in [-0.25, -0.2) is 0 Å². The number of hydrogen-bond donors (Lipinski definition) is 1. The van der Waals surface area contributed by atoms with E-state index in [2.05, 4.69) is 22.3 Å². The van der Waals surface area contributed by atoms with Gasteiger partial charge in [0.1, 0.15) is 5.75 Å². The van der Waals surface area contributed by atoms with E-state index < -0.39 is 0 Å². The zero-order valence-electron chi connectivity index (χ0n) is 14.4. The fourth-order valence-electron chi connectivity index (χ4n) is 2.13. The molecule has 0 spiro atoms. The lowest BCUT2D eigenvalue weighted by Gasteiger charge is -2.13. The molecule has 128 valence electrons. The minimum absolute atomic E-state index is 0.0766. The van der Waals surface area contributed by atoms with Crippen molar-refractivity contribution in [3.63, 3.8) is 0 Å². The number of hydrogen-bond acceptors (Lipinski definition) is 4. The second-order valence-corrected chi connectivity index (χ2v) is 6.78. The van der Waals surface area contributed by atoms with E-state index in [1.807, 2.05) is 50.5 Å². The molecule has 2 aromatic carbocycles. The highest BCUT2D eigenvalue weighted by Crippen LogP contribution is 2.21. The predicted octanol–water partition coefficient (Wildman–Crippen LogP) is 3.56. The highest BCUT2D eigenvalue weighted by atomic mass is 32.2. The molecule has 1 amide bonds. The largest absolute Gasteiger partial charge is 0.497 e. The van der Waals surface area contributed by atoms with Crippen LogP contribution in [0.2, 0.25) is 0 Å². The first-order valence-corrected chi connectivity index (χ1v) is 8.87. The Morgan fingerprint density at radius 2 is 1.75 bits per heavy atom. The Bertz CT molecular complexity index is 639. The van der Waals surface area contributed by atoms with Crippen molar-refractivity contribution in [3.05, 3.63) is 54.1 Å². The lowest BCUT2D eigenvalue weighted by Crippen LogP contribution is -2.23. The Labute approximate surface area is 148 Å². The fourth-order valence-corrected chi connectivity index (χ4v) is 2.99. The molecule has 0 aliphatic rings. The third-order valence-corrected chi connectivity index (χ3v) is 4.61. The van der Waals surface area contributed by atoms with Crippen LogP contribution in [0.3, 0.4) is 0 Å². The van der Waals surface area contributed by atoms with E-state index in [0.29, 0.717) is 13.0 Å². The Kier molecular flexibility index (Phi) is 7.00. The van der Waals surface area contributed by atoms with Crippen LogP contribution in [0.5, 0.6) is 5.75 Å². The summed E-state index contributed by atoms with van der Waals surface area (Å²) in [6.07, 6.45) is 0.506. The highest BCUT2D eigenvalue weighted by Gasteiger charge is 2.03. The van der Waals surface area contributed by atoms with Gasteiger partial charge in [0, 0.05) is 43.4 Å².